The summed E-state index contributed by atoms with van der Waals surface area (Å²) in [5.41, 5.74) is 0.213. The molecule has 3 rings (SSSR count). The van der Waals surface area contributed by atoms with Crippen LogP contribution in [-0.2, 0) is 4.79 Å². The number of carbonyl (C=O) groups excluding carboxylic acids is 2. The van der Waals surface area contributed by atoms with Gasteiger partial charge in [-0.05, 0) is 12.3 Å². The molecule has 31 heavy (non-hydrogen) atoms. The summed E-state index contributed by atoms with van der Waals surface area (Å²) in [6.45, 7) is -1.52. The van der Waals surface area contributed by atoms with E-state index in [1.165, 1.54) is 31.7 Å². The van der Waals surface area contributed by atoms with Gasteiger partial charge in [-0.15, -0.1) is 17.8 Å². The molecule has 1 saturated heterocycles. The number of anilines is 1. The maximum atomic E-state index is 13.3. The molecule has 1 aromatic heterocycles. The highest BCUT2D eigenvalue weighted by Crippen LogP contribution is 2.34. The number of hydrogen-bond acceptors (Lipinski definition) is 6. The van der Waals surface area contributed by atoms with Crippen molar-refractivity contribution in [3.63, 3.8) is 0 Å². The van der Waals surface area contributed by atoms with Crippen molar-refractivity contribution in [2.45, 2.75) is 18.6 Å². The second kappa shape index (κ2) is 8.85. The third-order valence-corrected chi connectivity index (χ3v) is 5.40. The molecule has 0 aliphatic carbocycles. The summed E-state index contributed by atoms with van der Waals surface area (Å²) in [5.74, 6) is 1.53. The van der Waals surface area contributed by atoms with E-state index < -0.39 is 30.6 Å². The molecule has 0 bridgehead atoms. The van der Waals surface area contributed by atoms with Crippen molar-refractivity contribution in [2.24, 2.45) is 0 Å². The molecule has 0 radical (unpaired) electrons. The Hall–Kier alpha value is -3.26. The monoisotopic (exact) mass is 453 g/mol. The number of amides is 2. The van der Waals surface area contributed by atoms with Crippen LogP contribution >= 0.6 is 11.3 Å². The van der Waals surface area contributed by atoms with Crippen LogP contribution < -0.4 is 14.4 Å². The third-order valence-electron chi connectivity index (χ3n) is 4.63. The van der Waals surface area contributed by atoms with Crippen LogP contribution in [0.2, 0.25) is 0 Å². The number of halogens is 3. The zero-order valence-electron chi connectivity index (χ0n) is 16.6. The number of terminal acetylenes is 1. The van der Waals surface area contributed by atoms with Crippen LogP contribution in [0.4, 0.5) is 18.9 Å². The van der Waals surface area contributed by atoms with Crippen LogP contribution in [-0.4, -0.2) is 61.2 Å². The summed E-state index contributed by atoms with van der Waals surface area (Å²) < 4.78 is 49.0. The molecule has 1 atom stereocenters. The van der Waals surface area contributed by atoms with Crippen molar-refractivity contribution in [3.8, 4) is 23.8 Å². The summed E-state index contributed by atoms with van der Waals surface area (Å²) in [6, 6.07) is 3.41. The van der Waals surface area contributed by atoms with Gasteiger partial charge in [0, 0.05) is 30.1 Å². The summed E-state index contributed by atoms with van der Waals surface area (Å²) >= 11 is 1.07. The van der Waals surface area contributed by atoms with Crippen molar-refractivity contribution >= 4 is 28.8 Å². The van der Waals surface area contributed by atoms with Crippen molar-refractivity contribution in [1.29, 1.82) is 0 Å². The predicted molar refractivity (Wildman–Crippen MR) is 107 cm³/mol. The Morgan fingerprint density at radius 3 is 2.48 bits per heavy atom. The molecule has 1 aliphatic rings. The van der Waals surface area contributed by atoms with Gasteiger partial charge in [-0.25, -0.2) is 4.98 Å². The van der Waals surface area contributed by atoms with Crippen molar-refractivity contribution in [2.75, 3.05) is 32.2 Å². The second-order valence-electron chi connectivity index (χ2n) is 6.61. The molecular weight excluding hydrogens is 435 g/mol. The van der Waals surface area contributed by atoms with Crippen LogP contribution in [0.15, 0.2) is 23.6 Å². The minimum absolute atomic E-state index is 0.0122. The number of hydrogen-bond donors (Lipinski definition) is 0. The lowest BCUT2D eigenvalue weighted by molar-refractivity contribution is -0.157. The first kappa shape index (κ1) is 22.4. The molecule has 2 heterocycles. The van der Waals surface area contributed by atoms with E-state index in [2.05, 4.69) is 10.9 Å². The van der Waals surface area contributed by atoms with Crippen molar-refractivity contribution < 1.29 is 32.2 Å². The summed E-state index contributed by atoms with van der Waals surface area (Å²) in [5, 5.41) is 1.71. The molecule has 1 fully saturated rings. The number of nitrogens with zero attached hydrogens (tertiary/aromatic N) is 3. The molecule has 0 saturated carbocycles. The Labute approximate surface area is 180 Å². The number of benzene rings is 1. The predicted octanol–water partition coefficient (Wildman–Crippen LogP) is 2.95. The standard InChI is InChI=1S/C20H18F3N3O4S/c1-4-17-24-15(10-31-17)18(27)26(12-7-13(29-2)9-14(8-12)30-3)16-5-6-25(19(16)28)11-20(21,22)23/h1,7-10,16H,5-6,11H2,2-3H3/t16-/m1/s1. The molecule has 7 nitrogen and oxygen atoms in total. The lowest BCUT2D eigenvalue weighted by Gasteiger charge is -2.28. The average Bonchev–Trinajstić information content (AvgIpc) is 3.35. The van der Waals surface area contributed by atoms with E-state index in [1.54, 1.807) is 6.07 Å². The Balaban J connectivity index is 2.04. The molecule has 2 aromatic rings. The van der Waals surface area contributed by atoms with Gasteiger partial charge in [0.1, 0.15) is 29.8 Å². The Morgan fingerprint density at radius 1 is 1.32 bits per heavy atom. The molecule has 2 amide bonds. The van der Waals surface area contributed by atoms with Gasteiger partial charge in [0.25, 0.3) is 5.91 Å². The van der Waals surface area contributed by atoms with Gasteiger partial charge >= 0.3 is 6.18 Å². The van der Waals surface area contributed by atoms with Crippen molar-refractivity contribution in [3.05, 3.63) is 34.3 Å². The van der Waals surface area contributed by atoms with Crippen LogP contribution in [0.3, 0.4) is 0 Å². The summed E-state index contributed by atoms with van der Waals surface area (Å²) in [7, 11) is 2.83. The maximum Gasteiger partial charge on any atom is 0.406 e. The largest absolute Gasteiger partial charge is 0.497 e. The number of rotatable bonds is 6. The number of ether oxygens (including phenoxy) is 2. The maximum absolute atomic E-state index is 13.3. The number of methoxy groups -OCH3 is 2. The fraction of sp³-hybridized carbons (Fsp3) is 0.350. The molecule has 0 N–H and O–H groups in total. The van der Waals surface area contributed by atoms with Crippen molar-refractivity contribution in [1.82, 2.24) is 9.88 Å². The van der Waals surface area contributed by atoms with Gasteiger partial charge in [-0.2, -0.15) is 13.2 Å². The molecular formula is C20H18F3N3O4S. The normalized spacial score (nSPS) is 16.2. The number of likely N-dealkylation sites (tertiary alicyclic amines) is 1. The molecule has 1 aliphatic heterocycles. The van der Waals surface area contributed by atoms with Gasteiger partial charge in [0.05, 0.1) is 19.9 Å². The fourth-order valence-corrected chi connectivity index (χ4v) is 3.86. The first-order chi connectivity index (χ1) is 14.7. The smallest absolute Gasteiger partial charge is 0.406 e. The van der Waals surface area contributed by atoms with Crippen LogP contribution in [0.25, 0.3) is 0 Å². The molecule has 0 spiro atoms. The number of alkyl halides is 3. The lowest BCUT2D eigenvalue weighted by atomic mass is 10.1. The van der Waals surface area contributed by atoms with Gasteiger partial charge in [0.2, 0.25) is 5.91 Å². The molecule has 0 unspecified atom stereocenters. The molecule has 1 aromatic carbocycles. The van der Waals surface area contributed by atoms with Gasteiger partial charge in [0.15, 0.2) is 5.01 Å². The van der Waals surface area contributed by atoms with Gasteiger partial charge in [-0.3, -0.25) is 14.5 Å². The van der Waals surface area contributed by atoms with E-state index in [1.807, 2.05) is 0 Å². The van der Waals surface area contributed by atoms with Gasteiger partial charge < -0.3 is 14.4 Å². The SMILES string of the molecule is C#Cc1nc(C(=O)N(c2cc(OC)cc(OC)c2)[C@@H]2CCN(CC(F)(F)F)C2=O)cs1. The Bertz CT molecular complexity index is 1010. The molecule has 11 heteroatoms. The number of thiazole rings is 1. The lowest BCUT2D eigenvalue weighted by Crippen LogP contribution is -2.47. The number of aromatic nitrogens is 1. The first-order valence-electron chi connectivity index (χ1n) is 9.01. The minimum atomic E-state index is -4.55. The van der Waals surface area contributed by atoms with E-state index in [0.717, 1.165) is 16.2 Å². The number of carbonyl (C=O) groups is 2. The third kappa shape index (κ3) is 4.91. The van der Waals surface area contributed by atoms with E-state index in [9.17, 15) is 22.8 Å². The summed E-state index contributed by atoms with van der Waals surface area (Å²) in [4.78, 5) is 32.0. The first-order valence-corrected chi connectivity index (χ1v) is 9.89. The Morgan fingerprint density at radius 2 is 1.97 bits per heavy atom. The van der Waals surface area contributed by atoms with E-state index >= 15 is 0 Å². The Kier molecular flexibility index (Phi) is 6.40. The highest BCUT2D eigenvalue weighted by molar-refractivity contribution is 7.10. The van der Waals surface area contributed by atoms with E-state index in [0.29, 0.717) is 16.4 Å². The highest BCUT2D eigenvalue weighted by atomic mass is 32.1. The van der Waals surface area contributed by atoms with E-state index in [4.69, 9.17) is 15.9 Å². The zero-order chi connectivity index (χ0) is 22.8. The van der Waals surface area contributed by atoms with E-state index in [-0.39, 0.29) is 29.4 Å². The molecule has 164 valence electrons. The van der Waals surface area contributed by atoms with Gasteiger partial charge in [-0.1, -0.05) is 0 Å². The van der Waals surface area contributed by atoms with Crippen LogP contribution in [0.5, 0.6) is 11.5 Å². The minimum Gasteiger partial charge on any atom is -0.497 e. The highest BCUT2D eigenvalue weighted by Gasteiger charge is 2.44. The van der Waals surface area contributed by atoms with Crippen LogP contribution in [0, 0.1) is 12.3 Å². The van der Waals surface area contributed by atoms with Crippen LogP contribution in [0.1, 0.15) is 21.9 Å². The fourth-order valence-electron chi connectivity index (χ4n) is 3.27. The second-order valence-corrected chi connectivity index (χ2v) is 7.47. The zero-order valence-corrected chi connectivity index (χ0v) is 17.4. The average molecular weight is 453 g/mol. The summed E-state index contributed by atoms with van der Waals surface area (Å²) in [6.07, 6.45) is 0.794. The quantitative estimate of drug-likeness (QED) is 0.629. The topological polar surface area (TPSA) is 72.0 Å².